The summed E-state index contributed by atoms with van der Waals surface area (Å²) < 4.78 is 6.17. The van der Waals surface area contributed by atoms with E-state index in [2.05, 4.69) is 28.4 Å². The summed E-state index contributed by atoms with van der Waals surface area (Å²) in [7, 11) is 0. The van der Waals surface area contributed by atoms with Gasteiger partial charge in [0.2, 0.25) is 0 Å². The van der Waals surface area contributed by atoms with Crippen LogP contribution in [0.2, 0.25) is 0 Å². The lowest BCUT2D eigenvalue weighted by atomic mass is 9.77. The average molecular weight is 464 g/mol. The van der Waals surface area contributed by atoms with E-state index in [4.69, 9.17) is 9.72 Å². The van der Waals surface area contributed by atoms with Gasteiger partial charge in [0.05, 0.1) is 6.10 Å². The first kappa shape index (κ1) is 23.3. The number of hydrogen-bond acceptors (Lipinski definition) is 5. The molecule has 3 aliphatic rings. The molecule has 0 amide bonds. The topological polar surface area (TPSA) is 74.7 Å². The lowest BCUT2D eigenvalue weighted by molar-refractivity contribution is -0.143. The number of fused-ring (bicyclic) bond motifs is 1. The van der Waals surface area contributed by atoms with E-state index in [1.807, 2.05) is 18.2 Å². The highest BCUT2D eigenvalue weighted by atomic mass is 16.5. The summed E-state index contributed by atoms with van der Waals surface area (Å²) in [6.07, 6.45) is 9.92. The molecule has 2 aromatic rings. The molecule has 6 heteroatoms. The number of nitrogens with one attached hydrogen (secondary N) is 1. The number of nitrogens with zero attached hydrogens (tertiary/aromatic N) is 2. The molecule has 0 spiro atoms. The van der Waals surface area contributed by atoms with Gasteiger partial charge in [0.15, 0.2) is 0 Å². The Labute approximate surface area is 202 Å². The molecule has 0 bridgehead atoms. The van der Waals surface area contributed by atoms with Gasteiger partial charge in [0.25, 0.3) is 0 Å². The molecule has 1 aromatic carbocycles. The third-order valence-electron chi connectivity index (χ3n) is 7.74. The number of aryl methyl sites for hydroxylation is 2. The number of carboxylic acid groups (broad SMARTS) is 1. The molecule has 2 N–H and O–H groups in total. The molecule has 2 aliphatic heterocycles. The summed E-state index contributed by atoms with van der Waals surface area (Å²) in [4.78, 5) is 19.2. The van der Waals surface area contributed by atoms with Crippen LogP contribution in [0.1, 0.15) is 79.3 Å². The second-order valence-electron chi connectivity index (χ2n) is 10.1. The zero-order chi connectivity index (χ0) is 23.3. The quantitative estimate of drug-likeness (QED) is 0.486. The summed E-state index contributed by atoms with van der Waals surface area (Å²) in [5.41, 5.74) is 4.69. The number of benzene rings is 1. The van der Waals surface area contributed by atoms with E-state index in [-0.39, 0.29) is 6.10 Å². The summed E-state index contributed by atoms with van der Waals surface area (Å²) in [5.74, 6) is 0.838. The lowest BCUT2D eigenvalue weighted by Gasteiger charge is -2.32. The SMILES string of the molecule is O=C(O)C(c1ccccc1C1CCC1)N1CCC(OCCCCc2ccc3c(n2)NCCC3)C1. The molecule has 2 atom stereocenters. The number of pyridine rings is 1. The predicted molar refractivity (Wildman–Crippen MR) is 133 cm³/mol. The highest BCUT2D eigenvalue weighted by Crippen LogP contribution is 2.41. The number of likely N-dealkylation sites (tertiary alicyclic amines) is 1. The zero-order valence-electron chi connectivity index (χ0n) is 20.0. The maximum Gasteiger partial charge on any atom is 0.325 e. The van der Waals surface area contributed by atoms with Crippen molar-refractivity contribution in [3.05, 3.63) is 58.8 Å². The van der Waals surface area contributed by atoms with Crippen molar-refractivity contribution in [2.24, 2.45) is 0 Å². The first-order valence-electron chi connectivity index (χ1n) is 13.1. The van der Waals surface area contributed by atoms with Crippen LogP contribution < -0.4 is 5.32 Å². The smallest absolute Gasteiger partial charge is 0.325 e. The van der Waals surface area contributed by atoms with E-state index >= 15 is 0 Å². The minimum absolute atomic E-state index is 0.115. The number of ether oxygens (including phenoxy) is 1. The number of anilines is 1. The third-order valence-corrected chi connectivity index (χ3v) is 7.74. The van der Waals surface area contributed by atoms with E-state index in [9.17, 15) is 9.90 Å². The van der Waals surface area contributed by atoms with E-state index in [1.165, 1.54) is 36.8 Å². The number of aromatic nitrogens is 1. The number of hydrogen-bond donors (Lipinski definition) is 2. The van der Waals surface area contributed by atoms with Crippen molar-refractivity contribution >= 4 is 11.8 Å². The normalized spacial score (nSPS) is 21.5. The molecule has 0 radical (unpaired) electrons. The molecule has 1 aromatic heterocycles. The number of rotatable bonds is 10. The molecular formula is C28H37N3O3. The van der Waals surface area contributed by atoms with E-state index < -0.39 is 12.0 Å². The molecule has 34 heavy (non-hydrogen) atoms. The van der Waals surface area contributed by atoms with Crippen molar-refractivity contribution in [1.82, 2.24) is 9.88 Å². The van der Waals surface area contributed by atoms with Crippen LogP contribution in [-0.4, -0.2) is 53.3 Å². The Kier molecular flexibility index (Phi) is 7.45. The Morgan fingerprint density at radius 2 is 2.03 bits per heavy atom. The fraction of sp³-hybridized carbons (Fsp3) is 0.571. The maximum atomic E-state index is 12.3. The van der Waals surface area contributed by atoms with Gasteiger partial charge in [0.1, 0.15) is 11.9 Å². The van der Waals surface area contributed by atoms with Gasteiger partial charge >= 0.3 is 5.97 Å². The standard InChI is InChI=1S/C28H37N3O3/c32-28(33)26(25-12-2-1-11-24(25)20-7-5-8-20)31-17-15-23(19-31)34-18-4-3-10-22-14-13-21-9-6-16-29-27(21)30-22/h1-2,11-14,20,23,26H,3-10,15-19H2,(H,29,30)(H,32,33). The first-order chi connectivity index (χ1) is 16.7. The monoisotopic (exact) mass is 463 g/mol. The van der Waals surface area contributed by atoms with Crippen LogP contribution in [0.3, 0.4) is 0 Å². The number of carbonyl (C=O) groups is 1. The van der Waals surface area contributed by atoms with E-state index in [0.29, 0.717) is 12.5 Å². The van der Waals surface area contributed by atoms with Crippen molar-refractivity contribution in [3.8, 4) is 0 Å². The van der Waals surface area contributed by atoms with Gasteiger partial charge in [0, 0.05) is 31.9 Å². The molecule has 3 heterocycles. The zero-order valence-corrected chi connectivity index (χ0v) is 20.0. The highest BCUT2D eigenvalue weighted by molar-refractivity contribution is 5.76. The van der Waals surface area contributed by atoms with Crippen LogP contribution in [0.25, 0.3) is 0 Å². The highest BCUT2D eigenvalue weighted by Gasteiger charge is 2.36. The molecule has 5 rings (SSSR count). The van der Waals surface area contributed by atoms with Gasteiger partial charge in [-0.1, -0.05) is 36.8 Å². The van der Waals surface area contributed by atoms with Crippen molar-refractivity contribution < 1.29 is 14.6 Å². The summed E-state index contributed by atoms with van der Waals surface area (Å²) in [6, 6.07) is 12.0. The van der Waals surface area contributed by atoms with E-state index in [0.717, 1.165) is 68.9 Å². The molecule has 2 unspecified atom stereocenters. The van der Waals surface area contributed by atoms with E-state index in [1.54, 1.807) is 0 Å². The van der Waals surface area contributed by atoms with Gasteiger partial charge in [-0.05, 0) is 80.0 Å². The van der Waals surface area contributed by atoms with Crippen LogP contribution in [0, 0.1) is 0 Å². The van der Waals surface area contributed by atoms with Gasteiger partial charge < -0.3 is 15.2 Å². The van der Waals surface area contributed by atoms with Crippen LogP contribution in [0.5, 0.6) is 0 Å². The van der Waals surface area contributed by atoms with Crippen molar-refractivity contribution in [1.29, 1.82) is 0 Å². The minimum atomic E-state index is -0.750. The maximum absolute atomic E-state index is 12.3. The van der Waals surface area contributed by atoms with Crippen LogP contribution >= 0.6 is 0 Å². The third kappa shape index (κ3) is 5.28. The average Bonchev–Trinajstić information content (AvgIpc) is 3.27. The second-order valence-corrected chi connectivity index (χ2v) is 10.1. The molecule has 182 valence electrons. The summed E-state index contributed by atoms with van der Waals surface area (Å²) in [6.45, 7) is 3.20. The fourth-order valence-corrected chi connectivity index (χ4v) is 5.63. The van der Waals surface area contributed by atoms with Crippen LogP contribution in [0.4, 0.5) is 5.82 Å². The Balaban J connectivity index is 1.09. The summed E-state index contributed by atoms with van der Waals surface area (Å²) >= 11 is 0. The largest absolute Gasteiger partial charge is 0.480 e. The Morgan fingerprint density at radius 1 is 1.15 bits per heavy atom. The predicted octanol–water partition coefficient (Wildman–Crippen LogP) is 4.95. The number of aliphatic carboxylic acids is 1. The molecule has 6 nitrogen and oxygen atoms in total. The molecule has 1 saturated carbocycles. The number of unbranched alkanes of at least 4 members (excludes halogenated alkanes) is 1. The van der Waals surface area contributed by atoms with Crippen molar-refractivity contribution in [2.45, 2.75) is 75.9 Å². The Bertz CT molecular complexity index is 991. The minimum Gasteiger partial charge on any atom is -0.480 e. The molecule has 1 saturated heterocycles. The van der Waals surface area contributed by atoms with Crippen molar-refractivity contribution in [3.63, 3.8) is 0 Å². The Morgan fingerprint density at radius 3 is 2.85 bits per heavy atom. The van der Waals surface area contributed by atoms with Gasteiger partial charge in [-0.2, -0.15) is 0 Å². The van der Waals surface area contributed by atoms with Crippen molar-refractivity contribution in [2.75, 3.05) is 31.6 Å². The fourth-order valence-electron chi connectivity index (χ4n) is 5.63. The Hall–Kier alpha value is -2.44. The summed E-state index contributed by atoms with van der Waals surface area (Å²) in [5, 5.41) is 13.5. The first-order valence-corrected chi connectivity index (χ1v) is 13.1. The van der Waals surface area contributed by atoms with Gasteiger partial charge in [-0.15, -0.1) is 0 Å². The second kappa shape index (κ2) is 10.9. The lowest BCUT2D eigenvalue weighted by Crippen LogP contribution is -2.34. The van der Waals surface area contributed by atoms with Gasteiger partial charge in [-0.25, -0.2) is 4.98 Å². The van der Waals surface area contributed by atoms with Crippen LogP contribution in [-0.2, 0) is 22.4 Å². The molecule has 1 aliphatic carbocycles. The van der Waals surface area contributed by atoms with Gasteiger partial charge in [-0.3, -0.25) is 9.69 Å². The van der Waals surface area contributed by atoms with Crippen LogP contribution in [0.15, 0.2) is 36.4 Å². The number of carboxylic acids is 1. The molecule has 2 fully saturated rings. The molecular weight excluding hydrogens is 426 g/mol.